The van der Waals surface area contributed by atoms with Gasteiger partial charge in [-0.05, 0) is 31.2 Å². The topological polar surface area (TPSA) is 75.2 Å². The number of rotatable bonds is 5. The summed E-state index contributed by atoms with van der Waals surface area (Å²) in [5.41, 5.74) is 0.200. The van der Waals surface area contributed by atoms with E-state index in [2.05, 4.69) is 4.98 Å². The number of epoxide rings is 1. The highest BCUT2D eigenvalue weighted by Gasteiger charge is 2.59. The minimum absolute atomic E-state index is 0.164. The van der Waals surface area contributed by atoms with Crippen molar-refractivity contribution in [3.8, 4) is 5.75 Å². The van der Waals surface area contributed by atoms with E-state index in [0.29, 0.717) is 21.7 Å². The Morgan fingerprint density at radius 2 is 2.23 bits per heavy atom. The van der Waals surface area contributed by atoms with Gasteiger partial charge in [0.25, 0.3) is 5.72 Å². The summed E-state index contributed by atoms with van der Waals surface area (Å²) in [5, 5.41) is 10.4. The maximum Gasteiger partial charge on any atom is 0.360 e. The fourth-order valence-corrected chi connectivity index (χ4v) is 4.22. The molecule has 0 saturated carbocycles. The maximum atomic E-state index is 11.5. The highest BCUT2D eigenvalue weighted by molar-refractivity contribution is 7.99. The van der Waals surface area contributed by atoms with Crippen LogP contribution in [0.2, 0.25) is 10.0 Å². The summed E-state index contributed by atoms with van der Waals surface area (Å²) in [6, 6.07) is 7.10. The molecule has 9 heteroatoms. The second-order valence-corrected chi connectivity index (χ2v) is 7.82. The second kappa shape index (κ2) is 6.49. The number of carboxylic acids is 1. The van der Waals surface area contributed by atoms with Gasteiger partial charge >= 0.3 is 5.97 Å². The molecule has 4 rings (SSSR count). The van der Waals surface area contributed by atoms with Crippen molar-refractivity contribution in [2.45, 2.75) is 23.6 Å². The van der Waals surface area contributed by atoms with Crippen LogP contribution in [0.4, 0.5) is 5.69 Å². The van der Waals surface area contributed by atoms with E-state index in [1.54, 1.807) is 29.3 Å². The highest BCUT2D eigenvalue weighted by atomic mass is 35.5. The Labute approximate surface area is 164 Å². The van der Waals surface area contributed by atoms with E-state index in [0.717, 1.165) is 16.3 Å². The number of hydrogen-bond acceptors (Lipinski definition) is 6. The monoisotopic (exact) mass is 412 g/mol. The van der Waals surface area contributed by atoms with Crippen LogP contribution in [-0.4, -0.2) is 34.3 Å². The van der Waals surface area contributed by atoms with Gasteiger partial charge < -0.3 is 19.5 Å². The minimum Gasteiger partial charge on any atom is -0.483 e. The molecule has 0 amide bonds. The molecule has 2 aliphatic rings. The number of aromatic nitrogens is 1. The van der Waals surface area contributed by atoms with Crippen molar-refractivity contribution < 1.29 is 19.4 Å². The SMILES string of the molecule is C[C@H](Oc1cc2c(cc1Cl)N(C1(C(=O)O)CO1)CS2)c1ccc(Cl)cn1. The maximum absolute atomic E-state index is 11.5. The molecule has 1 saturated heterocycles. The number of carbonyl (C=O) groups is 1. The van der Waals surface area contributed by atoms with E-state index in [-0.39, 0.29) is 12.7 Å². The van der Waals surface area contributed by atoms with Gasteiger partial charge in [0.15, 0.2) is 0 Å². The zero-order valence-electron chi connectivity index (χ0n) is 13.6. The number of halogens is 2. The van der Waals surface area contributed by atoms with Crippen molar-refractivity contribution in [1.82, 2.24) is 4.98 Å². The molecular formula is C17H14Cl2N2O4S. The van der Waals surface area contributed by atoms with Crippen LogP contribution >= 0.6 is 35.0 Å². The van der Waals surface area contributed by atoms with Crippen LogP contribution in [0.1, 0.15) is 18.7 Å². The van der Waals surface area contributed by atoms with Gasteiger partial charge in [0, 0.05) is 11.1 Å². The number of nitrogens with zero attached hydrogens (tertiary/aromatic N) is 2. The minimum atomic E-state index is -1.27. The number of aliphatic carboxylic acids is 1. The fraction of sp³-hybridized carbons (Fsp3) is 0.294. The Hall–Kier alpha value is -1.67. The number of pyridine rings is 1. The number of hydrogen-bond donors (Lipinski definition) is 1. The average molecular weight is 413 g/mol. The molecule has 1 unspecified atom stereocenters. The number of fused-ring (bicyclic) bond motifs is 1. The van der Waals surface area contributed by atoms with Crippen LogP contribution in [0.3, 0.4) is 0 Å². The van der Waals surface area contributed by atoms with Crippen molar-refractivity contribution >= 4 is 46.6 Å². The van der Waals surface area contributed by atoms with Crippen LogP contribution in [0.5, 0.6) is 5.75 Å². The van der Waals surface area contributed by atoms with Gasteiger partial charge in [0.2, 0.25) is 0 Å². The van der Waals surface area contributed by atoms with Gasteiger partial charge in [-0.2, -0.15) is 0 Å². The molecule has 136 valence electrons. The van der Waals surface area contributed by atoms with E-state index >= 15 is 0 Å². The highest BCUT2D eigenvalue weighted by Crippen LogP contribution is 2.50. The van der Waals surface area contributed by atoms with Crippen LogP contribution in [-0.2, 0) is 9.53 Å². The van der Waals surface area contributed by atoms with Crippen molar-refractivity contribution in [3.05, 3.63) is 46.2 Å². The lowest BCUT2D eigenvalue weighted by Crippen LogP contribution is -2.43. The van der Waals surface area contributed by atoms with Crippen molar-refractivity contribution in [1.29, 1.82) is 0 Å². The molecule has 1 N–H and O–H groups in total. The van der Waals surface area contributed by atoms with E-state index in [1.165, 1.54) is 11.8 Å². The van der Waals surface area contributed by atoms with Crippen LogP contribution in [0, 0.1) is 0 Å². The molecule has 1 fully saturated rings. The molecule has 6 nitrogen and oxygen atoms in total. The van der Waals surface area contributed by atoms with Crippen LogP contribution < -0.4 is 9.64 Å². The number of ether oxygens (including phenoxy) is 2. The lowest BCUT2D eigenvalue weighted by Gasteiger charge is -2.23. The summed E-state index contributed by atoms with van der Waals surface area (Å²) in [7, 11) is 0. The third kappa shape index (κ3) is 2.99. The van der Waals surface area contributed by atoms with Crippen molar-refractivity contribution in [2.75, 3.05) is 17.4 Å². The molecular weight excluding hydrogens is 399 g/mol. The molecule has 0 aliphatic carbocycles. The van der Waals surface area contributed by atoms with E-state index in [4.69, 9.17) is 32.7 Å². The summed E-state index contributed by atoms with van der Waals surface area (Å²) in [6.45, 7) is 2.04. The molecule has 2 aromatic rings. The fourth-order valence-electron chi connectivity index (χ4n) is 2.79. The first kappa shape index (κ1) is 17.7. The first-order valence-corrected chi connectivity index (χ1v) is 9.54. The smallest absolute Gasteiger partial charge is 0.360 e. The molecule has 1 aromatic heterocycles. The second-order valence-electron chi connectivity index (χ2n) is 5.99. The van der Waals surface area contributed by atoms with Crippen LogP contribution in [0.15, 0.2) is 35.4 Å². The van der Waals surface area contributed by atoms with Gasteiger partial charge in [-0.15, -0.1) is 11.8 Å². The van der Waals surface area contributed by atoms with Gasteiger partial charge in [-0.3, -0.25) is 4.98 Å². The molecule has 2 atom stereocenters. The molecule has 0 radical (unpaired) electrons. The summed E-state index contributed by atoms with van der Waals surface area (Å²) in [5.74, 6) is 0.00495. The molecule has 0 bridgehead atoms. The van der Waals surface area contributed by atoms with E-state index in [9.17, 15) is 9.90 Å². The lowest BCUT2D eigenvalue weighted by atomic mass is 10.2. The molecule has 2 aliphatic heterocycles. The summed E-state index contributed by atoms with van der Waals surface area (Å²) in [4.78, 5) is 18.4. The zero-order valence-corrected chi connectivity index (χ0v) is 15.9. The largest absolute Gasteiger partial charge is 0.483 e. The molecule has 1 aromatic carbocycles. The summed E-state index contributed by atoms with van der Waals surface area (Å²) in [6.07, 6.45) is 1.25. The number of anilines is 1. The summed E-state index contributed by atoms with van der Waals surface area (Å²) < 4.78 is 11.2. The number of carboxylic acid groups (broad SMARTS) is 1. The molecule has 3 heterocycles. The molecule has 26 heavy (non-hydrogen) atoms. The van der Waals surface area contributed by atoms with Crippen molar-refractivity contribution in [3.63, 3.8) is 0 Å². The third-order valence-corrected chi connectivity index (χ3v) is 5.86. The third-order valence-electron chi connectivity index (χ3n) is 4.31. The predicted octanol–water partition coefficient (Wildman–Crippen LogP) is 4.21. The lowest BCUT2D eigenvalue weighted by molar-refractivity contribution is -0.143. The normalized spacial score (nSPS) is 22.0. The zero-order chi connectivity index (χ0) is 18.5. The first-order chi connectivity index (χ1) is 12.4. The van der Waals surface area contributed by atoms with Gasteiger partial charge in [-0.1, -0.05) is 23.2 Å². The molecule has 0 spiro atoms. The number of thioether (sulfide) groups is 1. The Bertz CT molecular complexity index is 874. The van der Waals surface area contributed by atoms with Gasteiger partial charge in [0.05, 0.1) is 27.3 Å². The average Bonchev–Trinajstić information content (AvgIpc) is 3.32. The Morgan fingerprint density at radius 1 is 1.46 bits per heavy atom. The van der Waals surface area contributed by atoms with Crippen LogP contribution in [0.25, 0.3) is 0 Å². The number of benzene rings is 1. The van der Waals surface area contributed by atoms with Crippen molar-refractivity contribution in [2.24, 2.45) is 0 Å². The summed E-state index contributed by atoms with van der Waals surface area (Å²) >= 11 is 13.8. The quantitative estimate of drug-likeness (QED) is 0.736. The standard InChI is InChI=1S/C17H14Cl2N2O4S/c1-9(12-3-2-10(18)6-20-12)25-14-5-15-13(4-11(14)19)21(8-26-15)17(7-24-17)16(22)23/h2-6,9H,7-8H2,1H3,(H,22,23)/t9-,17?/m0/s1. The first-order valence-electron chi connectivity index (χ1n) is 7.80. The Morgan fingerprint density at radius 3 is 2.85 bits per heavy atom. The Balaban J connectivity index is 1.58. The predicted molar refractivity (Wildman–Crippen MR) is 99.3 cm³/mol. The Kier molecular flexibility index (Phi) is 4.43. The van der Waals surface area contributed by atoms with E-state index < -0.39 is 11.7 Å². The van der Waals surface area contributed by atoms with Gasteiger partial charge in [-0.25, -0.2) is 4.79 Å². The van der Waals surface area contributed by atoms with Gasteiger partial charge in [0.1, 0.15) is 18.5 Å². The van der Waals surface area contributed by atoms with E-state index in [1.807, 2.05) is 13.0 Å².